The zero-order valence-corrected chi connectivity index (χ0v) is 17.6. The molecule has 6 aliphatic rings. The molecule has 156 valence electrons. The van der Waals surface area contributed by atoms with Gasteiger partial charge in [0, 0.05) is 24.7 Å². The second-order valence-corrected chi connectivity index (χ2v) is 11.1. The molecule has 2 aliphatic heterocycles. The number of rotatable bonds is 0. The normalized spacial score (nSPS) is 51.3. The highest BCUT2D eigenvalue weighted by Crippen LogP contribution is 2.70. The van der Waals surface area contributed by atoms with Crippen LogP contribution in [0.15, 0.2) is 12.2 Å². The highest BCUT2D eigenvalue weighted by atomic mass is 16.7. The molecule has 4 heteroatoms. The lowest BCUT2D eigenvalue weighted by Crippen LogP contribution is -2.58. The highest BCUT2D eigenvalue weighted by Gasteiger charge is 2.68. The maximum atomic E-state index is 6.30. The molecule has 28 heavy (non-hydrogen) atoms. The van der Waals surface area contributed by atoms with E-state index < -0.39 is 0 Å². The first-order valence-corrected chi connectivity index (χ1v) is 11.7. The van der Waals surface area contributed by atoms with E-state index in [0.717, 1.165) is 57.5 Å². The van der Waals surface area contributed by atoms with Crippen molar-refractivity contribution in [2.24, 2.45) is 34.5 Å². The van der Waals surface area contributed by atoms with Gasteiger partial charge in [-0.2, -0.15) is 0 Å². The Kier molecular flexibility index (Phi) is 3.83. The molecule has 6 unspecified atom stereocenters. The molecule has 0 amide bonds. The fourth-order valence-electron chi connectivity index (χ4n) is 8.82. The Balaban J connectivity index is 1.31. The van der Waals surface area contributed by atoms with Crippen LogP contribution in [-0.4, -0.2) is 38.0 Å². The van der Waals surface area contributed by atoms with Crippen molar-refractivity contribution in [3.63, 3.8) is 0 Å². The Hall–Kier alpha value is -0.420. The predicted molar refractivity (Wildman–Crippen MR) is 106 cm³/mol. The van der Waals surface area contributed by atoms with Gasteiger partial charge in [0.25, 0.3) is 0 Å². The molecule has 0 aromatic heterocycles. The topological polar surface area (TPSA) is 36.9 Å². The Morgan fingerprint density at radius 3 is 2.25 bits per heavy atom. The van der Waals surface area contributed by atoms with E-state index in [4.69, 9.17) is 18.9 Å². The molecule has 0 aromatic carbocycles. The molecule has 2 heterocycles. The fourth-order valence-corrected chi connectivity index (χ4v) is 8.82. The van der Waals surface area contributed by atoms with Gasteiger partial charge in [-0.05, 0) is 61.2 Å². The van der Waals surface area contributed by atoms with Crippen molar-refractivity contribution < 1.29 is 18.9 Å². The van der Waals surface area contributed by atoms with Crippen LogP contribution in [0.4, 0.5) is 0 Å². The highest BCUT2D eigenvalue weighted by molar-refractivity contribution is 5.22. The molecule has 2 spiro atoms. The van der Waals surface area contributed by atoms with Crippen molar-refractivity contribution in [2.45, 2.75) is 76.8 Å². The molecule has 6 rings (SSSR count). The molecule has 0 aromatic rings. The summed E-state index contributed by atoms with van der Waals surface area (Å²) >= 11 is 0. The van der Waals surface area contributed by atoms with Crippen LogP contribution >= 0.6 is 0 Å². The van der Waals surface area contributed by atoms with Gasteiger partial charge in [0.2, 0.25) is 0 Å². The summed E-state index contributed by atoms with van der Waals surface area (Å²) in [4.78, 5) is 0. The van der Waals surface area contributed by atoms with Crippen LogP contribution in [0.25, 0.3) is 0 Å². The monoisotopic (exact) mass is 388 g/mol. The Labute approximate surface area is 169 Å². The van der Waals surface area contributed by atoms with E-state index in [2.05, 4.69) is 20.4 Å². The van der Waals surface area contributed by atoms with Gasteiger partial charge in [-0.15, -0.1) is 0 Å². The molecule has 4 saturated carbocycles. The van der Waals surface area contributed by atoms with Crippen LogP contribution in [0, 0.1) is 34.5 Å². The first-order valence-electron chi connectivity index (χ1n) is 11.7. The first kappa shape index (κ1) is 18.4. The van der Waals surface area contributed by atoms with Crippen molar-refractivity contribution in [1.29, 1.82) is 0 Å². The number of hydrogen-bond acceptors (Lipinski definition) is 4. The van der Waals surface area contributed by atoms with E-state index in [1.54, 1.807) is 0 Å². The summed E-state index contributed by atoms with van der Waals surface area (Å²) in [6.45, 7) is 12.7. The Morgan fingerprint density at radius 2 is 1.50 bits per heavy atom. The third-order valence-electron chi connectivity index (χ3n) is 10.2. The van der Waals surface area contributed by atoms with Gasteiger partial charge >= 0.3 is 0 Å². The molecule has 0 radical (unpaired) electrons. The predicted octanol–water partition coefficient (Wildman–Crippen LogP) is 4.68. The molecular formula is C24H36O4. The summed E-state index contributed by atoms with van der Waals surface area (Å²) in [7, 11) is 0. The summed E-state index contributed by atoms with van der Waals surface area (Å²) in [6.07, 6.45) is 9.33. The third kappa shape index (κ3) is 2.16. The summed E-state index contributed by atoms with van der Waals surface area (Å²) in [6, 6.07) is 0. The van der Waals surface area contributed by atoms with E-state index in [1.165, 1.54) is 37.7 Å². The van der Waals surface area contributed by atoms with Gasteiger partial charge in [0.15, 0.2) is 11.6 Å². The summed E-state index contributed by atoms with van der Waals surface area (Å²) in [5, 5.41) is 0. The zero-order chi connectivity index (χ0) is 19.2. The SMILES string of the molecule is C=C1CC2C(CCC3(C)C2CCC32OCCO2)C2(C)CCC3(CC12)OCCO3. The average molecular weight is 389 g/mol. The van der Waals surface area contributed by atoms with Gasteiger partial charge in [0.05, 0.1) is 26.4 Å². The van der Waals surface area contributed by atoms with Crippen LogP contribution in [0.3, 0.4) is 0 Å². The minimum atomic E-state index is -0.313. The minimum absolute atomic E-state index is 0.168. The van der Waals surface area contributed by atoms with Crippen LogP contribution in [-0.2, 0) is 18.9 Å². The third-order valence-corrected chi connectivity index (χ3v) is 10.2. The van der Waals surface area contributed by atoms with Gasteiger partial charge in [-0.1, -0.05) is 26.0 Å². The quantitative estimate of drug-likeness (QED) is 0.565. The van der Waals surface area contributed by atoms with Crippen LogP contribution in [0.5, 0.6) is 0 Å². The maximum absolute atomic E-state index is 6.30. The lowest BCUT2D eigenvalue weighted by atomic mass is 9.44. The number of fused-ring (bicyclic) bond motifs is 6. The zero-order valence-electron chi connectivity index (χ0n) is 17.6. The molecule has 4 aliphatic carbocycles. The smallest absolute Gasteiger partial charge is 0.174 e. The average Bonchev–Trinajstić information content (AvgIpc) is 3.39. The summed E-state index contributed by atoms with van der Waals surface area (Å²) in [5.74, 6) is 2.15. The Morgan fingerprint density at radius 1 is 0.821 bits per heavy atom. The summed E-state index contributed by atoms with van der Waals surface area (Å²) < 4.78 is 24.8. The maximum Gasteiger partial charge on any atom is 0.174 e. The second kappa shape index (κ2) is 5.84. The van der Waals surface area contributed by atoms with E-state index in [0.29, 0.717) is 17.3 Å². The van der Waals surface area contributed by atoms with Gasteiger partial charge < -0.3 is 18.9 Å². The number of hydrogen-bond donors (Lipinski definition) is 0. The standard InChI is InChI=1S/C24H36O4/c1-16-14-17-18(21(2)8-9-23(15-20(16)21)25-10-11-26-23)4-6-22(3)19(17)5-7-24(22)27-12-13-28-24/h17-20H,1,4-15H2,2-3H3. The van der Waals surface area contributed by atoms with Crippen molar-refractivity contribution in [3.8, 4) is 0 Å². The molecule has 6 atom stereocenters. The van der Waals surface area contributed by atoms with Gasteiger partial charge in [0.1, 0.15) is 0 Å². The van der Waals surface area contributed by atoms with Crippen molar-refractivity contribution in [1.82, 2.24) is 0 Å². The fraction of sp³-hybridized carbons (Fsp3) is 0.917. The molecular weight excluding hydrogens is 352 g/mol. The molecule has 0 N–H and O–H groups in total. The minimum Gasteiger partial charge on any atom is -0.348 e. The van der Waals surface area contributed by atoms with Crippen molar-refractivity contribution in [3.05, 3.63) is 12.2 Å². The summed E-state index contributed by atoms with van der Waals surface area (Å²) in [5.41, 5.74) is 1.97. The molecule has 0 bridgehead atoms. The van der Waals surface area contributed by atoms with Crippen molar-refractivity contribution >= 4 is 0 Å². The lowest BCUT2D eigenvalue weighted by molar-refractivity contribution is -0.252. The van der Waals surface area contributed by atoms with Crippen molar-refractivity contribution in [2.75, 3.05) is 26.4 Å². The van der Waals surface area contributed by atoms with Gasteiger partial charge in [-0.3, -0.25) is 0 Å². The second-order valence-electron chi connectivity index (χ2n) is 11.1. The Bertz CT molecular complexity index is 676. The van der Waals surface area contributed by atoms with E-state index >= 15 is 0 Å². The molecule has 6 fully saturated rings. The van der Waals surface area contributed by atoms with Crippen LogP contribution in [0.2, 0.25) is 0 Å². The van der Waals surface area contributed by atoms with Gasteiger partial charge in [-0.25, -0.2) is 0 Å². The molecule has 4 nitrogen and oxygen atoms in total. The van der Waals surface area contributed by atoms with E-state index in [1.807, 2.05) is 0 Å². The number of allylic oxidation sites excluding steroid dienone is 1. The first-order chi connectivity index (χ1) is 13.4. The lowest BCUT2D eigenvalue weighted by Gasteiger charge is -2.62. The van der Waals surface area contributed by atoms with E-state index in [9.17, 15) is 0 Å². The molecule has 2 saturated heterocycles. The van der Waals surface area contributed by atoms with Crippen LogP contribution in [0.1, 0.15) is 65.2 Å². The largest absolute Gasteiger partial charge is 0.348 e. The van der Waals surface area contributed by atoms with Crippen LogP contribution < -0.4 is 0 Å². The number of ether oxygens (including phenoxy) is 4. The van der Waals surface area contributed by atoms with E-state index in [-0.39, 0.29) is 17.0 Å².